The van der Waals surface area contributed by atoms with Crippen LogP contribution < -0.4 is 4.74 Å². The van der Waals surface area contributed by atoms with Crippen molar-refractivity contribution in [2.45, 2.75) is 0 Å². The van der Waals surface area contributed by atoms with Crippen LogP contribution in [0.1, 0.15) is 5.56 Å². The van der Waals surface area contributed by atoms with Gasteiger partial charge in [-0.05, 0) is 41.0 Å². The lowest BCUT2D eigenvalue weighted by molar-refractivity contribution is 0.415. The number of H-pyrrole nitrogens is 1. The second kappa shape index (κ2) is 8.02. The molecule has 0 fully saturated rings. The highest BCUT2D eigenvalue weighted by atomic mass is 32.1. The highest BCUT2D eigenvalue weighted by Gasteiger charge is 2.09. The van der Waals surface area contributed by atoms with E-state index in [1.54, 1.807) is 18.0 Å². The van der Waals surface area contributed by atoms with Crippen molar-refractivity contribution in [3.8, 4) is 28.3 Å². The van der Waals surface area contributed by atoms with Crippen LogP contribution in [-0.4, -0.2) is 28.2 Å². The Balaban J connectivity index is 1.62. The number of ether oxygens (including phenoxy) is 1. The van der Waals surface area contributed by atoms with Crippen LogP contribution in [0.15, 0.2) is 84.0 Å². The Hall–Kier alpha value is -3.51. The Kier molecular flexibility index (Phi) is 5.12. The van der Waals surface area contributed by atoms with E-state index in [0.717, 1.165) is 22.4 Å². The van der Waals surface area contributed by atoms with Gasteiger partial charge >= 0.3 is 0 Å². The quantitative estimate of drug-likeness (QED) is 0.380. The molecule has 6 heteroatoms. The van der Waals surface area contributed by atoms with Gasteiger partial charge in [0, 0.05) is 5.56 Å². The number of hydrogen-bond donors (Lipinski definition) is 1. The van der Waals surface area contributed by atoms with Crippen LogP contribution in [0.25, 0.3) is 22.5 Å². The van der Waals surface area contributed by atoms with Gasteiger partial charge in [0.05, 0.1) is 13.3 Å². The lowest BCUT2D eigenvalue weighted by Gasteiger charge is -2.04. The molecule has 138 valence electrons. The van der Waals surface area contributed by atoms with E-state index >= 15 is 0 Å². The molecule has 3 aromatic carbocycles. The minimum Gasteiger partial charge on any atom is -0.497 e. The first kappa shape index (κ1) is 17.9. The Bertz CT molecular complexity index is 1160. The SMILES string of the molecule is COc1cccc(-c2n[nH]c(=S)n2N=Cc2ccc(-c3ccccc3)cc2)c1. The van der Waals surface area contributed by atoms with Crippen molar-refractivity contribution in [2.24, 2.45) is 5.10 Å². The number of methoxy groups -OCH3 is 1. The zero-order valence-corrected chi connectivity index (χ0v) is 16.1. The average molecular weight is 386 g/mol. The number of rotatable bonds is 5. The maximum atomic E-state index is 5.33. The zero-order chi connectivity index (χ0) is 19.3. The molecule has 4 aromatic rings. The largest absolute Gasteiger partial charge is 0.497 e. The summed E-state index contributed by atoms with van der Waals surface area (Å²) in [7, 11) is 1.63. The molecule has 28 heavy (non-hydrogen) atoms. The summed E-state index contributed by atoms with van der Waals surface area (Å²) in [6.45, 7) is 0. The third kappa shape index (κ3) is 3.77. The molecule has 0 spiro atoms. The molecule has 1 heterocycles. The lowest BCUT2D eigenvalue weighted by atomic mass is 10.0. The van der Waals surface area contributed by atoms with Crippen LogP contribution in [0, 0.1) is 4.77 Å². The number of nitrogens with one attached hydrogen (secondary N) is 1. The molecular formula is C22H18N4OS. The van der Waals surface area contributed by atoms with E-state index in [2.05, 4.69) is 39.6 Å². The molecule has 0 saturated carbocycles. The smallest absolute Gasteiger partial charge is 0.216 e. The fourth-order valence-electron chi connectivity index (χ4n) is 2.86. The van der Waals surface area contributed by atoms with Gasteiger partial charge in [-0.25, -0.2) is 5.10 Å². The van der Waals surface area contributed by atoms with E-state index in [1.165, 1.54) is 5.56 Å². The second-order valence-corrected chi connectivity index (χ2v) is 6.52. The molecular weight excluding hydrogens is 368 g/mol. The monoisotopic (exact) mass is 386 g/mol. The molecule has 0 saturated heterocycles. The van der Waals surface area contributed by atoms with Gasteiger partial charge in [0.25, 0.3) is 0 Å². The summed E-state index contributed by atoms with van der Waals surface area (Å²) in [6, 6.07) is 26.1. The van der Waals surface area contributed by atoms with Crippen LogP contribution in [0.4, 0.5) is 0 Å². The van der Waals surface area contributed by atoms with Crippen molar-refractivity contribution in [3.63, 3.8) is 0 Å². The molecule has 0 aliphatic carbocycles. The van der Waals surface area contributed by atoms with Crippen molar-refractivity contribution in [1.29, 1.82) is 0 Å². The molecule has 0 radical (unpaired) electrons. The van der Waals surface area contributed by atoms with Gasteiger partial charge in [-0.1, -0.05) is 66.7 Å². The van der Waals surface area contributed by atoms with Gasteiger partial charge in [-0.15, -0.1) is 0 Å². The minimum atomic E-state index is 0.426. The first-order chi connectivity index (χ1) is 13.7. The van der Waals surface area contributed by atoms with Crippen LogP contribution in [0.2, 0.25) is 0 Å². The van der Waals surface area contributed by atoms with Crippen molar-refractivity contribution in [3.05, 3.63) is 89.2 Å². The Morgan fingerprint density at radius 1 is 0.929 bits per heavy atom. The standard InChI is InChI=1S/C22H18N4OS/c1-27-20-9-5-8-19(14-20)21-24-25-22(28)26(21)23-15-16-10-12-18(13-11-16)17-6-3-2-4-7-17/h2-15H,1H3,(H,25,28). The van der Waals surface area contributed by atoms with Crippen LogP contribution >= 0.6 is 12.2 Å². The predicted molar refractivity (Wildman–Crippen MR) is 114 cm³/mol. The average Bonchev–Trinajstić information content (AvgIpc) is 3.13. The summed E-state index contributed by atoms with van der Waals surface area (Å²) in [5, 5.41) is 11.6. The van der Waals surface area contributed by atoms with Crippen LogP contribution in [-0.2, 0) is 0 Å². The van der Waals surface area contributed by atoms with Gasteiger partial charge in [0.1, 0.15) is 5.75 Å². The lowest BCUT2D eigenvalue weighted by Crippen LogP contribution is -1.95. The van der Waals surface area contributed by atoms with Gasteiger partial charge in [-0.3, -0.25) is 0 Å². The van der Waals surface area contributed by atoms with Crippen molar-refractivity contribution in [2.75, 3.05) is 7.11 Å². The summed E-state index contributed by atoms with van der Waals surface area (Å²) >= 11 is 5.33. The van der Waals surface area contributed by atoms with Crippen LogP contribution in [0.3, 0.4) is 0 Å². The van der Waals surface area contributed by atoms with Gasteiger partial charge < -0.3 is 4.74 Å². The number of benzene rings is 3. The fourth-order valence-corrected chi connectivity index (χ4v) is 3.04. The minimum absolute atomic E-state index is 0.426. The summed E-state index contributed by atoms with van der Waals surface area (Å²) in [5.41, 5.74) is 4.18. The Morgan fingerprint density at radius 2 is 1.64 bits per heavy atom. The third-order valence-corrected chi connectivity index (χ3v) is 4.58. The van der Waals surface area contributed by atoms with Crippen molar-refractivity contribution >= 4 is 18.4 Å². The fraction of sp³-hybridized carbons (Fsp3) is 0.0455. The summed E-state index contributed by atoms with van der Waals surface area (Å²) in [6.07, 6.45) is 1.77. The summed E-state index contributed by atoms with van der Waals surface area (Å²) in [4.78, 5) is 0. The van der Waals surface area contributed by atoms with Crippen molar-refractivity contribution in [1.82, 2.24) is 14.9 Å². The number of nitrogens with zero attached hydrogens (tertiary/aromatic N) is 3. The van der Waals surface area contributed by atoms with Crippen molar-refractivity contribution < 1.29 is 4.74 Å². The van der Waals surface area contributed by atoms with E-state index in [9.17, 15) is 0 Å². The molecule has 0 amide bonds. The van der Waals surface area contributed by atoms with E-state index in [0.29, 0.717) is 10.6 Å². The normalized spacial score (nSPS) is 11.0. The van der Waals surface area contributed by atoms with E-state index < -0.39 is 0 Å². The Morgan fingerprint density at radius 3 is 2.39 bits per heavy atom. The summed E-state index contributed by atoms with van der Waals surface area (Å²) in [5.74, 6) is 1.37. The first-order valence-electron chi connectivity index (χ1n) is 8.76. The zero-order valence-electron chi connectivity index (χ0n) is 15.2. The maximum Gasteiger partial charge on any atom is 0.216 e. The van der Waals surface area contributed by atoms with E-state index in [4.69, 9.17) is 17.0 Å². The second-order valence-electron chi connectivity index (χ2n) is 6.13. The molecule has 0 atom stereocenters. The van der Waals surface area contributed by atoms with Gasteiger partial charge in [-0.2, -0.15) is 14.9 Å². The number of hydrogen-bond acceptors (Lipinski definition) is 4. The third-order valence-electron chi connectivity index (χ3n) is 4.32. The van der Waals surface area contributed by atoms with Gasteiger partial charge in [0.2, 0.25) is 4.77 Å². The molecule has 4 rings (SSSR count). The number of aromatic nitrogens is 3. The molecule has 1 aromatic heterocycles. The molecule has 0 aliphatic heterocycles. The van der Waals surface area contributed by atoms with E-state index in [-0.39, 0.29) is 0 Å². The highest BCUT2D eigenvalue weighted by molar-refractivity contribution is 7.71. The molecule has 0 aliphatic rings. The molecule has 0 unspecified atom stereocenters. The highest BCUT2D eigenvalue weighted by Crippen LogP contribution is 2.22. The summed E-state index contributed by atoms with van der Waals surface area (Å²) < 4.78 is 7.32. The molecule has 5 nitrogen and oxygen atoms in total. The Labute approximate surface area is 167 Å². The van der Waals surface area contributed by atoms with E-state index in [1.807, 2.05) is 54.6 Å². The maximum absolute atomic E-state index is 5.33. The molecule has 0 bridgehead atoms. The van der Waals surface area contributed by atoms with Crippen LogP contribution in [0.5, 0.6) is 5.75 Å². The topological polar surface area (TPSA) is 55.2 Å². The predicted octanol–water partition coefficient (Wildman–Crippen LogP) is 5.17. The molecule has 1 N–H and O–H groups in total. The van der Waals surface area contributed by atoms with Gasteiger partial charge in [0.15, 0.2) is 5.82 Å². The number of aromatic amines is 1. The first-order valence-corrected chi connectivity index (χ1v) is 9.17.